The molecule has 1 amide bonds. The van der Waals surface area contributed by atoms with Crippen molar-refractivity contribution in [1.82, 2.24) is 4.98 Å². The Morgan fingerprint density at radius 2 is 2.18 bits per heavy atom. The number of halogens is 2. The number of amides is 1. The standard InChI is InChI=1S/C14H8F2N2O3S/c15-7-4-8(16)12(10(19)5-7)13(20)18-14-17-9(6-22-14)11-2-1-3-21-11/h1-6,19H,(H,17,18,20). The zero-order valence-electron chi connectivity index (χ0n) is 10.8. The molecule has 1 aromatic carbocycles. The fourth-order valence-corrected chi connectivity index (χ4v) is 2.51. The van der Waals surface area contributed by atoms with Gasteiger partial charge in [0.2, 0.25) is 0 Å². The molecule has 0 aliphatic carbocycles. The number of carbonyl (C=O) groups is 1. The fraction of sp³-hybridized carbons (Fsp3) is 0. The summed E-state index contributed by atoms with van der Waals surface area (Å²) >= 11 is 1.10. The second-order valence-electron chi connectivity index (χ2n) is 4.25. The predicted octanol–water partition coefficient (Wildman–Crippen LogP) is 3.64. The van der Waals surface area contributed by atoms with E-state index in [2.05, 4.69) is 10.3 Å². The van der Waals surface area contributed by atoms with Crippen LogP contribution in [-0.2, 0) is 0 Å². The van der Waals surface area contributed by atoms with Crippen LogP contribution in [0.3, 0.4) is 0 Å². The van der Waals surface area contributed by atoms with Crippen LogP contribution in [0.1, 0.15) is 10.4 Å². The number of phenolic OH excluding ortho intramolecular Hbond substituents is 1. The molecule has 8 heteroatoms. The number of thiazole rings is 1. The van der Waals surface area contributed by atoms with E-state index in [1.807, 2.05) is 0 Å². The van der Waals surface area contributed by atoms with Gasteiger partial charge in [-0.25, -0.2) is 13.8 Å². The number of aromatic nitrogens is 1. The first-order chi connectivity index (χ1) is 10.5. The van der Waals surface area contributed by atoms with Gasteiger partial charge in [0.1, 0.15) is 28.6 Å². The summed E-state index contributed by atoms with van der Waals surface area (Å²) in [6.07, 6.45) is 1.48. The highest BCUT2D eigenvalue weighted by atomic mass is 32.1. The number of aromatic hydroxyl groups is 1. The quantitative estimate of drug-likeness (QED) is 0.772. The summed E-state index contributed by atoms with van der Waals surface area (Å²) in [5.41, 5.74) is -0.134. The van der Waals surface area contributed by atoms with E-state index in [0.29, 0.717) is 23.6 Å². The van der Waals surface area contributed by atoms with Gasteiger partial charge in [-0.15, -0.1) is 11.3 Å². The Morgan fingerprint density at radius 3 is 2.86 bits per heavy atom. The van der Waals surface area contributed by atoms with Crippen molar-refractivity contribution in [2.45, 2.75) is 0 Å². The number of anilines is 1. The van der Waals surface area contributed by atoms with E-state index >= 15 is 0 Å². The molecule has 0 saturated heterocycles. The highest BCUT2D eigenvalue weighted by molar-refractivity contribution is 7.14. The van der Waals surface area contributed by atoms with Gasteiger partial charge in [0.05, 0.1) is 6.26 Å². The Balaban J connectivity index is 1.83. The summed E-state index contributed by atoms with van der Waals surface area (Å²) < 4.78 is 31.7. The van der Waals surface area contributed by atoms with Crippen molar-refractivity contribution >= 4 is 22.4 Å². The van der Waals surface area contributed by atoms with Crippen LogP contribution in [-0.4, -0.2) is 16.0 Å². The van der Waals surface area contributed by atoms with Gasteiger partial charge < -0.3 is 9.52 Å². The topological polar surface area (TPSA) is 75.4 Å². The molecule has 2 aromatic heterocycles. The van der Waals surface area contributed by atoms with E-state index in [9.17, 15) is 18.7 Å². The van der Waals surface area contributed by atoms with E-state index in [4.69, 9.17) is 4.42 Å². The molecule has 3 aromatic rings. The maximum absolute atomic E-state index is 13.6. The minimum absolute atomic E-state index is 0.194. The SMILES string of the molecule is O=C(Nc1nc(-c2ccco2)cs1)c1c(O)cc(F)cc1F. The predicted molar refractivity (Wildman–Crippen MR) is 75.8 cm³/mol. The molecule has 0 unspecified atom stereocenters. The smallest absolute Gasteiger partial charge is 0.264 e. The van der Waals surface area contributed by atoms with Crippen LogP contribution in [0.25, 0.3) is 11.5 Å². The third kappa shape index (κ3) is 2.68. The Kier molecular flexibility index (Phi) is 3.60. The molecule has 0 bridgehead atoms. The van der Waals surface area contributed by atoms with Crippen LogP contribution in [0, 0.1) is 11.6 Å². The van der Waals surface area contributed by atoms with Crippen molar-refractivity contribution in [3.05, 3.63) is 53.1 Å². The van der Waals surface area contributed by atoms with Crippen molar-refractivity contribution in [3.63, 3.8) is 0 Å². The molecule has 5 nitrogen and oxygen atoms in total. The molecule has 0 aliphatic rings. The Morgan fingerprint density at radius 1 is 1.36 bits per heavy atom. The van der Waals surface area contributed by atoms with Crippen LogP contribution in [0.2, 0.25) is 0 Å². The lowest BCUT2D eigenvalue weighted by molar-refractivity contribution is 0.102. The van der Waals surface area contributed by atoms with Crippen LogP contribution in [0.5, 0.6) is 5.75 Å². The molecule has 0 aliphatic heterocycles. The molecule has 2 N–H and O–H groups in total. The summed E-state index contributed by atoms with van der Waals surface area (Å²) in [4.78, 5) is 16.1. The van der Waals surface area contributed by atoms with E-state index < -0.39 is 28.9 Å². The average Bonchev–Trinajstić information content (AvgIpc) is 3.07. The van der Waals surface area contributed by atoms with Crippen molar-refractivity contribution in [3.8, 4) is 17.2 Å². The Bertz CT molecular complexity index is 807. The fourth-order valence-electron chi connectivity index (χ4n) is 1.81. The number of carbonyl (C=O) groups excluding carboxylic acids is 1. The van der Waals surface area contributed by atoms with E-state index in [-0.39, 0.29) is 5.13 Å². The molecular formula is C14H8F2N2O3S. The van der Waals surface area contributed by atoms with Gasteiger partial charge in [-0.1, -0.05) is 0 Å². The van der Waals surface area contributed by atoms with Gasteiger partial charge in [-0.05, 0) is 12.1 Å². The molecule has 2 heterocycles. The largest absolute Gasteiger partial charge is 0.507 e. The molecule has 0 atom stereocenters. The highest BCUT2D eigenvalue weighted by Gasteiger charge is 2.20. The molecule has 0 radical (unpaired) electrons. The summed E-state index contributed by atoms with van der Waals surface area (Å²) in [6.45, 7) is 0. The normalized spacial score (nSPS) is 10.6. The highest BCUT2D eigenvalue weighted by Crippen LogP contribution is 2.27. The number of nitrogens with zero attached hydrogens (tertiary/aromatic N) is 1. The first-order valence-electron chi connectivity index (χ1n) is 6.03. The number of nitrogens with one attached hydrogen (secondary N) is 1. The van der Waals surface area contributed by atoms with Gasteiger partial charge in [0.15, 0.2) is 10.9 Å². The van der Waals surface area contributed by atoms with Crippen molar-refractivity contribution in [2.24, 2.45) is 0 Å². The number of phenols is 1. The van der Waals surface area contributed by atoms with Crippen LogP contribution < -0.4 is 5.32 Å². The van der Waals surface area contributed by atoms with E-state index in [1.54, 1.807) is 17.5 Å². The van der Waals surface area contributed by atoms with Crippen molar-refractivity contribution in [1.29, 1.82) is 0 Å². The average molecular weight is 322 g/mol. The third-order valence-corrected chi connectivity index (χ3v) is 3.52. The summed E-state index contributed by atoms with van der Waals surface area (Å²) in [6, 6.07) is 4.57. The molecular weight excluding hydrogens is 314 g/mol. The van der Waals surface area contributed by atoms with Crippen LogP contribution >= 0.6 is 11.3 Å². The minimum Gasteiger partial charge on any atom is -0.507 e. The number of rotatable bonds is 3. The molecule has 0 fully saturated rings. The zero-order chi connectivity index (χ0) is 15.7. The number of hydrogen-bond acceptors (Lipinski definition) is 5. The summed E-state index contributed by atoms with van der Waals surface area (Å²) in [5.74, 6) is -3.31. The summed E-state index contributed by atoms with van der Waals surface area (Å²) in [7, 11) is 0. The lowest BCUT2D eigenvalue weighted by Gasteiger charge is -2.05. The lowest BCUT2D eigenvalue weighted by atomic mass is 10.1. The van der Waals surface area contributed by atoms with Gasteiger partial charge in [0.25, 0.3) is 5.91 Å². The molecule has 3 rings (SSSR count). The van der Waals surface area contributed by atoms with E-state index in [1.165, 1.54) is 6.26 Å². The zero-order valence-corrected chi connectivity index (χ0v) is 11.7. The third-order valence-electron chi connectivity index (χ3n) is 2.76. The number of hydrogen-bond donors (Lipinski definition) is 2. The van der Waals surface area contributed by atoms with Gasteiger partial charge >= 0.3 is 0 Å². The first kappa shape index (κ1) is 14.2. The molecule has 22 heavy (non-hydrogen) atoms. The first-order valence-corrected chi connectivity index (χ1v) is 6.91. The summed E-state index contributed by atoms with van der Waals surface area (Å²) in [5, 5.41) is 13.7. The number of benzene rings is 1. The maximum atomic E-state index is 13.6. The number of furan rings is 1. The van der Waals surface area contributed by atoms with Gasteiger partial charge in [-0.3, -0.25) is 10.1 Å². The lowest BCUT2D eigenvalue weighted by Crippen LogP contribution is -2.14. The van der Waals surface area contributed by atoms with Crippen molar-refractivity contribution < 1.29 is 23.1 Å². The monoisotopic (exact) mass is 322 g/mol. The second kappa shape index (κ2) is 5.57. The van der Waals surface area contributed by atoms with Crippen LogP contribution in [0.4, 0.5) is 13.9 Å². The van der Waals surface area contributed by atoms with Gasteiger partial charge in [0, 0.05) is 17.5 Å². The maximum Gasteiger partial charge on any atom is 0.264 e. The Labute approximate surface area is 126 Å². The van der Waals surface area contributed by atoms with Crippen LogP contribution in [0.15, 0.2) is 40.3 Å². The van der Waals surface area contributed by atoms with E-state index in [0.717, 1.165) is 11.3 Å². The molecule has 0 spiro atoms. The van der Waals surface area contributed by atoms with Crippen molar-refractivity contribution in [2.75, 3.05) is 5.32 Å². The van der Waals surface area contributed by atoms with Gasteiger partial charge in [-0.2, -0.15) is 0 Å². The minimum atomic E-state index is -1.15. The molecule has 0 saturated carbocycles. The Hall–Kier alpha value is -2.74. The second-order valence-corrected chi connectivity index (χ2v) is 5.11. The molecule has 112 valence electrons.